The second kappa shape index (κ2) is 5.35. The standard InChI is InChI=1S/C10H11N3O2S2/c1-7-12-5-9(17-7)4-11-3-8-2-10(13(14)15)16-6-8/h2,5-6,11H,3-4H2,1H3. The summed E-state index contributed by atoms with van der Waals surface area (Å²) in [7, 11) is 0. The summed E-state index contributed by atoms with van der Waals surface area (Å²) in [5, 5.41) is 16.8. The Morgan fingerprint density at radius 2 is 2.35 bits per heavy atom. The molecule has 17 heavy (non-hydrogen) atoms. The van der Waals surface area contributed by atoms with Crippen LogP contribution >= 0.6 is 22.7 Å². The molecule has 0 aliphatic rings. The fourth-order valence-corrected chi connectivity index (χ4v) is 2.86. The van der Waals surface area contributed by atoms with E-state index in [2.05, 4.69) is 10.3 Å². The van der Waals surface area contributed by atoms with Crippen molar-refractivity contribution in [1.82, 2.24) is 10.3 Å². The molecule has 5 nitrogen and oxygen atoms in total. The molecule has 0 atom stereocenters. The van der Waals surface area contributed by atoms with E-state index in [9.17, 15) is 10.1 Å². The Bertz CT molecular complexity index is 521. The average Bonchev–Trinajstić information content (AvgIpc) is 2.88. The van der Waals surface area contributed by atoms with Gasteiger partial charge in [-0.1, -0.05) is 11.3 Å². The van der Waals surface area contributed by atoms with Crippen LogP contribution in [0.4, 0.5) is 5.00 Å². The van der Waals surface area contributed by atoms with E-state index in [1.165, 1.54) is 4.88 Å². The van der Waals surface area contributed by atoms with E-state index in [0.717, 1.165) is 28.5 Å². The predicted octanol–water partition coefficient (Wildman–Crippen LogP) is 2.71. The molecule has 2 aromatic heterocycles. The Hall–Kier alpha value is -1.31. The number of nitro groups is 1. The maximum atomic E-state index is 10.5. The summed E-state index contributed by atoms with van der Waals surface area (Å²) in [4.78, 5) is 15.5. The van der Waals surface area contributed by atoms with E-state index < -0.39 is 0 Å². The monoisotopic (exact) mass is 269 g/mol. The van der Waals surface area contributed by atoms with Gasteiger partial charge in [-0.2, -0.15) is 0 Å². The average molecular weight is 269 g/mol. The fourth-order valence-electron chi connectivity index (χ4n) is 1.37. The van der Waals surface area contributed by atoms with E-state index >= 15 is 0 Å². The molecule has 0 aliphatic carbocycles. The Balaban J connectivity index is 1.83. The molecule has 0 saturated carbocycles. The van der Waals surface area contributed by atoms with Gasteiger partial charge in [0.1, 0.15) is 0 Å². The van der Waals surface area contributed by atoms with Gasteiger partial charge in [-0.25, -0.2) is 4.98 Å². The minimum Gasteiger partial charge on any atom is -0.308 e. The first-order valence-corrected chi connectivity index (χ1v) is 6.68. The third-order valence-electron chi connectivity index (χ3n) is 2.12. The summed E-state index contributed by atoms with van der Waals surface area (Å²) < 4.78 is 0. The number of thiazole rings is 1. The number of thiophene rings is 1. The maximum absolute atomic E-state index is 10.5. The first kappa shape index (κ1) is 12.2. The van der Waals surface area contributed by atoms with Gasteiger partial charge in [0, 0.05) is 35.6 Å². The molecule has 0 bridgehead atoms. The number of hydrogen-bond acceptors (Lipinski definition) is 6. The molecule has 0 spiro atoms. The number of aryl methyl sites for hydroxylation is 1. The van der Waals surface area contributed by atoms with Crippen LogP contribution in [0.3, 0.4) is 0 Å². The summed E-state index contributed by atoms with van der Waals surface area (Å²) in [6, 6.07) is 1.61. The van der Waals surface area contributed by atoms with Crippen LogP contribution in [0.1, 0.15) is 15.4 Å². The SMILES string of the molecule is Cc1ncc(CNCc2csc([N+](=O)[O-])c2)s1. The largest absolute Gasteiger partial charge is 0.324 e. The van der Waals surface area contributed by atoms with Crippen LogP contribution in [0, 0.1) is 17.0 Å². The lowest BCUT2D eigenvalue weighted by molar-refractivity contribution is -0.380. The first-order valence-electron chi connectivity index (χ1n) is 4.99. The zero-order valence-corrected chi connectivity index (χ0v) is 10.8. The van der Waals surface area contributed by atoms with Crippen molar-refractivity contribution in [2.75, 3.05) is 0 Å². The highest BCUT2D eigenvalue weighted by Gasteiger charge is 2.09. The van der Waals surface area contributed by atoms with Crippen LogP contribution in [0.5, 0.6) is 0 Å². The molecule has 2 rings (SSSR count). The van der Waals surface area contributed by atoms with E-state index in [4.69, 9.17) is 0 Å². The van der Waals surface area contributed by atoms with Crippen molar-refractivity contribution in [3.05, 3.63) is 43.2 Å². The Labute approximate surface area is 106 Å². The number of nitrogens with zero attached hydrogens (tertiary/aromatic N) is 2. The summed E-state index contributed by atoms with van der Waals surface area (Å²) in [5.41, 5.74) is 0.947. The number of nitrogens with one attached hydrogen (secondary N) is 1. The highest BCUT2D eigenvalue weighted by molar-refractivity contribution is 7.13. The van der Waals surface area contributed by atoms with Crippen molar-refractivity contribution < 1.29 is 4.92 Å². The van der Waals surface area contributed by atoms with Crippen LogP contribution in [0.15, 0.2) is 17.6 Å². The van der Waals surface area contributed by atoms with Gasteiger partial charge in [-0.15, -0.1) is 11.3 Å². The van der Waals surface area contributed by atoms with Gasteiger partial charge in [-0.05, 0) is 12.5 Å². The van der Waals surface area contributed by atoms with Crippen molar-refractivity contribution in [2.45, 2.75) is 20.0 Å². The zero-order chi connectivity index (χ0) is 12.3. The summed E-state index contributed by atoms with van der Waals surface area (Å²) in [6.45, 7) is 3.35. The lowest BCUT2D eigenvalue weighted by atomic mass is 10.3. The van der Waals surface area contributed by atoms with Crippen molar-refractivity contribution in [2.24, 2.45) is 0 Å². The summed E-state index contributed by atoms with van der Waals surface area (Å²) >= 11 is 2.81. The van der Waals surface area contributed by atoms with E-state index in [-0.39, 0.29) is 9.92 Å². The predicted molar refractivity (Wildman–Crippen MR) is 68.4 cm³/mol. The van der Waals surface area contributed by atoms with Gasteiger partial charge in [0.2, 0.25) is 0 Å². The Morgan fingerprint density at radius 3 is 2.94 bits per heavy atom. The van der Waals surface area contributed by atoms with Gasteiger partial charge in [0.15, 0.2) is 0 Å². The van der Waals surface area contributed by atoms with Crippen molar-refractivity contribution in [1.29, 1.82) is 0 Å². The van der Waals surface area contributed by atoms with Crippen molar-refractivity contribution >= 4 is 27.7 Å². The molecule has 0 saturated heterocycles. The van der Waals surface area contributed by atoms with Crippen LogP contribution in [0.2, 0.25) is 0 Å². The van der Waals surface area contributed by atoms with Crippen molar-refractivity contribution in [3.8, 4) is 0 Å². The van der Waals surface area contributed by atoms with Crippen LogP contribution < -0.4 is 5.32 Å². The van der Waals surface area contributed by atoms with E-state index in [1.54, 1.807) is 17.4 Å². The molecular weight excluding hydrogens is 258 g/mol. The normalized spacial score (nSPS) is 10.6. The Morgan fingerprint density at radius 1 is 1.53 bits per heavy atom. The smallest absolute Gasteiger partial charge is 0.308 e. The molecule has 0 aromatic carbocycles. The van der Waals surface area contributed by atoms with Crippen LogP contribution in [-0.2, 0) is 13.1 Å². The fraction of sp³-hybridized carbons (Fsp3) is 0.300. The Kier molecular flexibility index (Phi) is 3.82. The quantitative estimate of drug-likeness (QED) is 0.669. The van der Waals surface area contributed by atoms with Gasteiger partial charge in [0.05, 0.1) is 9.93 Å². The second-order valence-corrected chi connectivity index (χ2v) is 5.71. The molecule has 2 aromatic rings. The summed E-state index contributed by atoms with van der Waals surface area (Å²) in [6.07, 6.45) is 1.85. The third kappa shape index (κ3) is 3.32. The molecule has 0 fully saturated rings. The molecule has 0 aliphatic heterocycles. The molecule has 7 heteroatoms. The number of rotatable bonds is 5. The third-order valence-corrected chi connectivity index (χ3v) is 3.96. The molecule has 0 radical (unpaired) electrons. The highest BCUT2D eigenvalue weighted by atomic mass is 32.1. The molecular formula is C10H11N3O2S2. The molecule has 2 heterocycles. The number of aromatic nitrogens is 1. The number of hydrogen-bond donors (Lipinski definition) is 1. The van der Waals surface area contributed by atoms with Gasteiger partial charge >= 0.3 is 5.00 Å². The summed E-state index contributed by atoms with van der Waals surface area (Å²) in [5.74, 6) is 0. The molecule has 0 unspecified atom stereocenters. The molecule has 90 valence electrons. The molecule has 0 amide bonds. The van der Waals surface area contributed by atoms with E-state index in [1.807, 2.05) is 18.5 Å². The zero-order valence-electron chi connectivity index (χ0n) is 9.17. The second-order valence-electron chi connectivity index (χ2n) is 3.50. The van der Waals surface area contributed by atoms with Crippen molar-refractivity contribution in [3.63, 3.8) is 0 Å². The van der Waals surface area contributed by atoms with Gasteiger partial charge in [0.25, 0.3) is 0 Å². The van der Waals surface area contributed by atoms with E-state index in [0.29, 0.717) is 6.54 Å². The molecule has 1 N–H and O–H groups in total. The minimum absolute atomic E-state index is 0.190. The lowest BCUT2D eigenvalue weighted by Crippen LogP contribution is -2.10. The maximum Gasteiger partial charge on any atom is 0.324 e. The highest BCUT2D eigenvalue weighted by Crippen LogP contribution is 2.22. The first-order chi connectivity index (χ1) is 8.15. The lowest BCUT2D eigenvalue weighted by Gasteiger charge is -1.99. The minimum atomic E-state index is -0.360. The van der Waals surface area contributed by atoms with Gasteiger partial charge < -0.3 is 5.32 Å². The van der Waals surface area contributed by atoms with Gasteiger partial charge in [-0.3, -0.25) is 10.1 Å². The van der Waals surface area contributed by atoms with Crippen LogP contribution in [-0.4, -0.2) is 9.91 Å². The van der Waals surface area contributed by atoms with Crippen LogP contribution in [0.25, 0.3) is 0 Å². The topological polar surface area (TPSA) is 68.1 Å².